The van der Waals surface area contributed by atoms with Gasteiger partial charge >= 0.3 is 12.1 Å². The number of hydrogen-bond acceptors (Lipinski definition) is 7. The summed E-state index contributed by atoms with van der Waals surface area (Å²) < 4.78 is 28.5. The van der Waals surface area contributed by atoms with Crippen LogP contribution in [0.25, 0.3) is 0 Å². The number of carbonyl (C=O) groups is 2. The van der Waals surface area contributed by atoms with Crippen molar-refractivity contribution >= 4 is 12.1 Å². The van der Waals surface area contributed by atoms with Gasteiger partial charge < -0.3 is 29.0 Å². The molecule has 3 aliphatic rings. The van der Waals surface area contributed by atoms with Gasteiger partial charge in [0, 0.05) is 7.11 Å². The van der Waals surface area contributed by atoms with Crippen molar-refractivity contribution in [2.75, 3.05) is 20.8 Å². The van der Waals surface area contributed by atoms with E-state index in [1.54, 1.807) is 7.11 Å². The van der Waals surface area contributed by atoms with Crippen molar-refractivity contribution in [1.29, 1.82) is 0 Å². The van der Waals surface area contributed by atoms with E-state index in [1.165, 1.54) is 12.7 Å². The van der Waals surface area contributed by atoms with E-state index in [0.29, 0.717) is 13.0 Å². The molecule has 3 fully saturated rings. The SMILES string of the molecule is COC(=O)[C@@H](NC(=O)O[C@@H]1CC[C@]2(CO2)[C@H]([C@@]2(C)O[C@@H]2CC=C(C)C)[C@@H]1OC)C(C)C. The topological polar surface area (TPSA) is 98.9 Å². The molecule has 1 aliphatic carbocycles. The van der Waals surface area contributed by atoms with Crippen LogP contribution in [0.2, 0.25) is 0 Å². The van der Waals surface area contributed by atoms with Crippen molar-refractivity contribution in [1.82, 2.24) is 5.32 Å². The summed E-state index contributed by atoms with van der Waals surface area (Å²) in [6.07, 6.45) is 3.04. The molecule has 0 aromatic rings. The van der Waals surface area contributed by atoms with E-state index in [1.807, 2.05) is 13.8 Å². The Morgan fingerprint density at radius 2 is 1.94 bits per heavy atom. The highest BCUT2D eigenvalue weighted by Gasteiger charge is 2.72. The van der Waals surface area contributed by atoms with Gasteiger partial charge in [0.2, 0.25) is 0 Å². The number of alkyl carbamates (subject to hydrolysis) is 1. The average Bonchev–Trinajstić information content (AvgIpc) is 3.62. The second-order valence-electron chi connectivity index (χ2n) is 9.71. The Kier molecular flexibility index (Phi) is 7.03. The van der Waals surface area contributed by atoms with Crippen LogP contribution >= 0.6 is 0 Å². The Hall–Kier alpha value is -1.64. The molecule has 3 rings (SSSR count). The van der Waals surface area contributed by atoms with E-state index >= 15 is 0 Å². The van der Waals surface area contributed by atoms with Crippen LogP contribution in [0.5, 0.6) is 0 Å². The molecule has 176 valence electrons. The van der Waals surface area contributed by atoms with Crippen LogP contribution in [0.4, 0.5) is 4.79 Å². The normalized spacial score (nSPS) is 37.2. The minimum Gasteiger partial charge on any atom is -0.467 e. The fourth-order valence-corrected chi connectivity index (χ4v) is 4.99. The molecule has 1 saturated carbocycles. The van der Waals surface area contributed by atoms with E-state index in [9.17, 15) is 9.59 Å². The van der Waals surface area contributed by atoms with Gasteiger partial charge in [0.25, 0.3) is 0 Å². The van der Waals surface area contributed by atoms with Crippen molar-refractivity contribution < 1.29 is 33.3 Å². The van der Waals surface area contributed by atoms with Crippen molar-refractivity contribution in [3.05, 3.63) is 11.6 Å². The number of hydrogen-bond donors (Lipinski definition) is 1. The van der Waals surface area contributed by atoms with Gasteiger partial charge in [0.05, 0.1) is 25.7 Å². The van der Waals surface area contributed by atoms with Crippen molar-refractivity contribution in [3.8, 4) is 0 Å². The molecule has 2 heterocycles. The van der Waals surface area contributed by atoms with E-state index in [0.717, 1.165) is 12.8 Å². The van der Waals surface area contributed by atoms with Crippen molar-refractivity contribution in [3.63, 3.8) is 0 Å². The first kappa shape index (κ1) is 24.0. The molecule has 31 heavy (non-hydrogen) atoms. The number of amides is 1. The Morgan fingerprint density at radius 1 is 1.26 bits per heavy atom. The van der Waals surface area contributed by atoms with E-state index < -0.39 is 29.8 Å². The summed E-state index contributed by atoms with van der Waals surface area (Å²) in [6.45, 7) is 10.6. The number of nitrogens with one attached hydrogen (secondary N) is 1. The zero-order chi connectivity index (χ0) is 23.0. The molecule has 0 unspecified atom stereocenters. The second-order valence-corrected chi connectivity index (χ2v) is 9.71. The summed E-state index contributed by atoms with van der Waals surface area (Å²) >= 11 is 0. The molecule has 8 nitrogen and oxygen atoms in total. The molecule has 1 spiro atoms. The molecule has 2 saturated heterocycles. The third-order valence-corrected chi connectivity index (χ3v) is 6.89. The Morgan fingerprint density at radius 3 is 2.45 bits per heavy atom. The van der Waals surface area contributed by atoms with Crippen LogP contribution in [0.15, 0.2) is 11.6 Å². The summed E-state index contributed by atoms with van der Waals surface area (Å²) in [5, 5.41) is 2.64. The lowest BCUT2D eigenvalue weighted by Crippen LogP contribution is -2.56. The van der Waals surface area contributed by atoms with Gasteiger partial charge in [-0.25, -0.2) is 9.59 Å². The van der Waals surface area contributed by atoms with Crippen LogP contribution in [0.1, 0.15) is 53.9 Å². The molecule has 7 atom stereocenters. The predicted molar refractivity (Wildman–Crippen MR) is 114 cm³/mol. The third kappa shape index (κ3) is 4.91. The Bertz CT molecular complexity index is 713. The zero-order valence-electron chi connectivity index (χ0n) is 19.7. The zero-order valence-corrected chi connectivity index (χ0v) is 19.7. The number of carbonyl (C=O) groups excluding carboxylic acids is 2. The highest BCUT2D eigenvalue weighted by atomic mass is 16.6. The molecule has 1 N–H and O–H groups in total. The maximum Gasteiger partial charge on any atom is 0.408 e. The predicted octanol–water partition coefficient (Wildman–Crippen LogP) is 2.99. The maximum atomic E-state index is 12.6. The lowest BCUT2D eigenvalue weighted by atomic mass is 9.68. The molecular formula is C23H37NO7. The number of allylic oxidation sites excluding steroid dienone is 1. The monoisotopic (exact) mass is 439 g/mol. The fraction of sp³-hybridized carbons (Fsp3) is 0.826. The molecule has 0 radical (unpaired) electrons. The minimum absolute atomic E-state index is 0.0476. The first-order valence-electron chi connectivity index (χ1n) is 11.1. The first-order chi connectivity index (χ1) is 14.6. The number of esters is 1. The minimum atomic E-state index is -0.770. The lowest BCUT2D eigenvalue weighted by Gasteiger charge is -2.42. The molecule has 2 aliphatic heterocycles. The number of epoxide rings is 2. The van der Waals surface area contributed by atoms with Gasteiger partial charge in [-0.15, -0.1) is 0 Å². The van der Waals surface area contributed by atoms with Crippen LogP contribution < -0.4 is 5.32 Å². The summed E-state index contributed by atoms with van der Waals surface area (Å²) in [5.41, 5.74) is 0.580. The summed E-state index contributed by atoms with van der Waals surface area (Å²) in [6, 6.07) is -0.770. The van der Waals surface area contributed by atoms with Crippen LogP contribution in [0.3, 0.4) is 0 Å². The number of rotatable bonds is 8. The van der Waals surface area contributed by atoms with Crippen LogP contribution in [-0.4, -0.2) is 68.4 Å². The Labute approximate surface area is 185 Å². The van der Waals surface area contributed by atoms with Crippen molar-refractivity contribution in [2.45, 2.75) is 89.4 Å². The molecule has 8 heteroatoms. The quantitative estimate of drug-likeness (QED) is 0.353. The summed E-state index contributed by atoms with van der Waals surface area (Å²) in [4.78, 5) is 24.6. The van der Waals surface area contributed by atoms with Crippen LogP contribution in [-0.2, 0) is 28.5 Å². The molecule has 0 bridgehead atoms. The smallest absolute Gasteiger partial charge is 0.408 e. The van der Waals surface area contributed by atoms with Gasteiger partial charge in [0.15, 0.2) is 0 Å². The average molecular weight is 440 g/mol. The highest BCUT2D eigenvalue weighted by Crippen LogP contribution is 2.59. The summed E-state index contributed by atoms with van der Waals surface area (Å²) in [5.74, 6) is -0.674. The van der Waals surface area contributed by atoms with Gasteiger partial charge in [-0.2, -0.15) is 0 Å². The number of ether oxygens (including phenoxy) is 5. The Balaban J connectivity index is 1.71. The number of methoxy groups -OCH3 is 2. The van der Waals surface area contributed by atoms with Gasteiger partial charge in [0.1, 0.15) is 29.5 Å². The largest absolute Gasteiger partial charge is 0.467 e. The highest BCUT2D eigenvalue weighted by molar-refractivity contribution is 5.81. The van der Waals surface area contributed by atoms with Gasteiger partial charge in [-0.3, -0.25) is 0 Å². The first-order valence-corrected chi connectivity index (χ1v) is 11.1. The summed E-state index contributed by atoms with van der Waals surface area (Å²) in [7, 11) is 2.93. The standard InChI is InChI=1S/C23H37NO7/c1-13(2)8-9-16-22(5,31-16)19-18(27-6)15(10-11-23(19)12-29-23)30-21(26)24-17(14(3)4)20(25)28-7/h8,14-19H,9-12H2,1-7H3,(H,24,26)/t15-,16-,17+,18-,19+,22+,23+/m1/s1. The molecular weight excluding hydrogens is 402 g/mol. The van der Waals surface area contributed by atoms with E-state index in [2.05, 4.69) is 32.2 Å². The van der Waals surface area contributed by atoms with Gasteiger partial charge in [-0.1, -0.05) is 25.5 Å². The van der Waals surface area contributed by atoms with E-state index in [-0.39, 0.29) is 29.6 Å². The van der Waals surface area contributed by atoms with Crippen molar-refractivity contribution in [2.24, 2.45) is 11.8 Å². The van der Waals surface area contributed by atoms with Crippen LogP contribution in [0, 0.1) is 11.8 Å². The van der Waals surface area contributed by atoms with E-state index in [4.69, 9.17) is 23.7 Å². The lowest BCUT2D eigenvalue weighted by molar-refractivity contribution is -0.144. The molecule has 0 aromatic carbocycles. The molecule has 1 amide bonds. The third-order valence-electron chi connectivity index (χ3n) is 6.89. The molecule has 0 aromatic heterocycles. The van der Waals surface area contributed by atoms with Gasteiger partial charge in [-0.05, 0) is 46.0 Å². The second kappa shape index (κ2) is 9.08. The fourth-order valence-electron chi connectivity index (χ4n) is 4.99. The maximum absolute atomic E-state index is 12.6.